The third kappa shape index (κ3) is 5.30. The maximum atomic E-state index is 12.3. The van der Waals surface area contributed by atoms with Crippen molar-refractivity contribution in [3.8, 4) is 5.75 Å². The van der Waals surface area contributed by atoms with Crippen LogP contribution in [0.2, 0.25) is 0 Å². The van der Waals surface area contributed by atoms with E-state index in [4.69, 9.17) is 19.6 Å². The number of benzene rings is 2. The van der Waals surface area contributed by atoms with Crippen molar-refractivity contribution in [3.63, 3.8) is 0 Å². The van der Waals surface area contributed by atoms with Crippen molar-refractivity contribution in [1.82, 2.24) is 0 Å². The Bertz CT molecular complexity index is 702. The highest BCUT2D eigenvalue weighted by atomic mass is 31.2. The molecule has 0 aliphatic carbocycles. The molecule has 3 N–H and O–H groups in total. The summed E-state index contributed by atoms with van der Waals surface area (Å²) in [6.45, 7) is 0.107. The third-order valence-corrected chi connectivity index (χ3v) is 3.86. The zero-order valence-electron chi connectivity index (χ0n) is 12.3. The zero-order valence-corrected chi connectivity index (χ0v) is 13.1. The van der Waals surface area contributed by atoms with E-state index >= 15 is 0 Å². The maximum absolute atomic E-state index is 12.3. The maximum Gasteiger partial charge on any atom is 0.329 e. The lowest BCUT2D eigenvalue weighted by atomic mass is 10.0. The smallest absolute Gasteiger partial charge is 0.329 e. The van der Waals surface area contributed by atoms with Gasteiger partial charge in [-0.1, -0.05) is 24.3 Å². The molecule has 6 nitrogen and oxygen atoms in total. The summed E-state index contributed by atoms with van der Waals surface area (Å²) in [6, 6.07) is 12.7. The molecule has 23 heavy (non-hydrogen) atoms. The van der Waals surface area contributed by atoms with Crippen LogP contribution in [-0.4, -0.2) is 33.9 Å². The van der Waals surface area contributed by atoms with Crippen LogP contribution in [0.1, 0.15) is 21.5 Å². The number of hydrogen-bond acceptors (Lipinski definition) is 4. The van der Waals surface area contributed by atoms with Crippen LogP contribution < -0.4 is 4.74 Å². The molecule has 0 atom stereocenters. The van der Waals surface area contributed by atoms with Crippen LogP contribution in [-0.2, 0) is 10.7 Å². The number of carbonyl (C=O) groups is 1. The molecule has 2 aromatic rings. The average Bonchev–Trinajstić information content (AvgIpc) is 2.52. The first-order valence-electron chi connectivity index (χ1n) is 6.91. The van der Waals surface area contributed by atoms with Crippen LogP contribution in [0.4, 0.5) is 0 Å². The van der Waals surface area contributed by atoms with E-state index in [1.165, 1.54) is 12.1 Å². The van der Waals surface area contributed by atoms with Gasteiger partial charge in [0.05, 0.1) is 12.8 Å². The van der Waals surface area contributed by atoms with E-state index < -0.39 is 7.60 Å². The number of aliphatic hydroxyl groups excluding tert-OH is 1. The Morgan fingerprint density at radius 2 is 1.48 bits per heavy atom. The van der Waals surface area contributed by atoms with Crippen LogP contribution in [0.5, 0.6) is 5.75 Å². The van der Waals surface area contributed by atoms with Gasteiger partial charge >= 0.3 is 7.60 Å². The first-order chi connectivity index (χ1) is 10.9. The molecule has 0 fully saturated rings. The van der Waals surface area contributed by atoms with E-state index in [-0.39, 0.29) is 25.2 Å². The van der Waals surface area contributed by atoms with Gasteiger partial charge in [0.25, 0.3) is 0 Å². The minimum absolute atomic E-state index is 0.0817. The Balaban J connectivity index is 2.09. The van der Waals surface area contributed by atoms with Crippen molar-refractivity contribution in [2.45, 2.75) is 6.16 Å². The van der Waals surface area contributed by atoms with Gasteiger partial charge in [0.1, 0.15) is 12.4 Å². The third-order valence-electron chi connectivity index (χ3n) is 3.08. The zero-order chi connectivity index (χ0) is 16.9. The van der Waals surface area contributed by atoms with Crippen molar-refractivity contribution in [2.24, 2.45) is 0 Å². The van der Waals surface area contributed by atoms with Crippen molar-refractivity contribution in [3.05, 3.63) is 65.2 Å². The molecular weight excluding hydrogens is 319 g/mol. The van der Waals surface area contributed by atoms with Gasteiger partial charge in [0.2, 0.25) is 0 Å². The molecule has 7 heteroatoms. The highest BCUT2D eigenvalue weighted by Gasteiger charge is 2.15. The first kappa shape index (κ1) is 17.4. The Morgan fingerprint density at radius 1 is 0.957 bits per heavy atom. The fraction of sp³-hybridized carbons (Fsp3) is 0.188. The summed E-state index contributed by atoms with van der Waals surface area (Å²) in [6.07, 6.45) is -0.349. The summed E-state index contributed by atoms with van der Waals surface area (Å²) in [5.74, 6) is 0.369. The number of rotatable bonds is 7. The summed E-state index contributed by atoms with van der Waals surface area (Å²) in [5, 5.41) is 8.68. The first-order valence-corrected chi connectivity index (χ1v) is 8.71. The van der Waals surface area contributed by atoms with E-state index in [9.17, 15) is 9.36 Å². The quantitative estimate of drug-likeness (QED) is 0.527. The molecule has 0 aliphatic heterocycles. The van der Waals surface area contributed by atoms with Crippen molar-refractivity contribution in [1.29, 1.82) is 0 Å². The van der Waals surface area contributed by atoms with Gasteiger partial charge < -0.3 is 19.6 Å². The number of ether oxygens (including phenoxy) is 1. The normalized spacial score (nSPS) is 11.3. The summed E-state index contributed by atoms with van der Waals surface area (Å²) in [4.78, 5) is 30.2. The van der Waals surface area contributed by atoms with Crippen molar-refractivity contribution >= 4 is 13.4 Å². The Hall–Kier alpha value is -1.98. The standard InChI is InChI=1S/C16H17O6P/c17-9-10-22-15-7-5-14(6-8-15)16(18)13-3-1-12(2-4-13)11-23(19,20)21/h1-8,17H,9-11H2,(H2,19,20,21). The second-order valence-electron chi connectivity index (χ2n) is 4.95. The van der Waals surface area contributed by atoms with Gasteiger partial charge in [-0.05, 0) is 29.8 Å². The van der Waals surface area contributed by atoms with Crippen molar-refractivity contribution in [2.75, 3.05) is 13.2 Å². The van der Waals surface area contributed by atoms with Crippen LogP contribution in [0.25, 0.3) is 0 Å². The highest BCUT2D eigenvalue weighted by molar-refractivity contribution is 7.50. The van der Waals surface area contributed by atoms with Gasteiger partial charge in [0.15, 0.2) is 5.78 Å². The fourth-order valence-electron chi connectivity index (χ4n) is 2.03. The molecule has 0 radical (unpaired) electrons. The lowest BCUT2D eigenvalue weighted by Gasteiger charge is -2.07. The topological polar surface area (TPSA) is 104 Å². The van der Waals surface area contributed by atoms with E-state index in [1.807, 2.05) is 0 Å². The Morgan fingerprint density at radius 3 is 1.96 bits per heavy atom. The predicted octanol–water partition coefficient (Wildman–Crippen LogP) is 1.97. The Labute approximate surface area is 133 Å². The molecule has 0 saturated carbocycles. The monoisotopic (exact) mass is 336 g/mol. The van der Waals surface area contributed by atoms with Gasteiger partial charge in [-0.25, -0.2) is 0 Å². The second-order valence-corrected chi connectivity index (χ2v) is 6.59. The summed E-state index contributed by atoms with van der Waals surface area (Å²) in [5.41, 5.74) is 1.38. The molecule has 0 amide bonds. The van der Waals surface area contributed by atoms with Gasteiger partial charge in [-0.15, -0.1) is 0 Å². The van der Waals surface area contributed by atoms with Gasteiger partial charge in [0, 0.05) is 11.1 Å². The average molecular weight is 336 g/mol. The molecule has 0 aromatic heterocycles. The molecule has 0 aliphatic rings. The number of aliphatic hydroxyl groups is 1. The molecule has 2 rings (SSSR count). The fourth-order valence-corrected chi connectivity index (χ4v) is 2.72. The van der Waals surface area contributed by atoms with Crippen LogP contribution in [0, 0.1) is 0 Å². The van der Waals surface area contributed by atoms with Gasteiger partial charge in [-0.2, -0.15) is 0 Å². The van der Waals surface area contributed by atoms with E-state index in [1.54, 1.807) is 36.4 Å². The summed E-state index contributed by atoms with van der Waals surface area (Å²) < 4.78 is 16.2. The van der Waals surface area contributed by atoms with E-state index in [2.05, 4.69) is 0 Å². The number of carbonyl (C=O) groups excluding carboxylic acids is 1. The second kappa shape index (κ2) is 7.53. The minimum Gasteiger partial charge on any atom is -0.491 e. The van der Waals surface area contributed by atoms with Crippen molar-refractivity contribution < 1.29 is 29.0 Å². The SMILES string of the molecule is O=C(c1ccc(CP(=O)(O)O)cc1)c1ccc(OCCO)cc1. The molecular formula is C16H17O6P. The molecule has 0 bridgehead atoms. The van der Waals surface area contributed by atoms with Crippen LogP contribution >= 0.6 is 7.60 Å². The van der Waals surface area contributed by atoms with Gasteiger partial charge in [-0.3, -0.25) is 9.36 Å². The molecule has 2 aromatic carbocycles. The van der Waals surface area contributed by atoms with E-state index in [0.29, 0.717) is 22.4 Å². The largest absolute Gasteiger partial charge is 0.491 e. The molecule has 0 heterocycles. The predicted molar refractivity (Wildman–Crippen MR) is 84.6 cm³/mol. The lowest BCUT2D eigenvalue weighted by molar-refractivity contribution is 0.103. The highest BCUT2D eigenvalue weighted by Crippen LogP contribution is 2.38. The minimum atomic E-state index is -4.12. The molecule has 122 valence electrons. The lowest BCUT2D eigenvalue weighted by Crippen LogP contribution is -2.03. The molecule has 0 saturated heterocycles. The Kier molecular flexibility index (Phi) is 5.69. The molecule has 0 spiro atoms. The van der Waals surface area contributed by atoms with E-state index in [0.717, 1.165) is 0 Å². The van der Waals surface area contributed by atoms with Crippen LogP contribution in [0.3, 0.4) is 0 Å². The number of hydrogen-bond donors (Lipinski definition) is 3. The summed E-state index contributed by atoms with van der Waals surface area (Å²) in [7, 11) is -4.12. The number of ketones is 1. The molecule has 0 unspecified atom stereocenters. The summed E-state index contributed by atoms with van der Waals surface area (Å²) >= 11 is 0. The van der Waals surface area contributed by atoms with Crippen LogP contribution in [0.15, 0.2) is 48.5 Å².